The molecule has 1 saturated heterocycles. The van der Waals surface area contributed by atoms with Gasteiger partial charge in [-0.1, -0.05) is 57.8 Å². The lowest BCUT2D eigenvalue weighted by molar-refractivity contribution is 0.320. The van der Waals surface area contributed by atoms with Crippen LogP contribution in [0.4, 0.5) is 0 Å². The number of unbranched alkanes of at least 4 members (excludes halogenated alkanes) is 3. The van der Waals surface area contributed by atoms with E-state index in [1.165, 1.54) is 88.9 Å². The number of rotatable bonds is 7. The van der Waals surface area contributed by atoms with Crippen LogP contribution in [-0.4, -0.2) is 29.6 Å². The molecule has 0 unspecified atom stereocenters. The van der Waals surface area contributed by atoms with E-state index in [0.717, 1.165) is 5.92 Å². The van der Waals surface area contributed by atoms with Gasteiger partial charge in [-0.3, -0.25) is 4.90 Å². The zero-order chi connectivity index (χ0) is 11.8. The van der Waals surface area contributed by atoms with Crippen molar-refractivity contribution in [3.05, 3.63) is 0 Å². The standard InChI is InChI=1S/C15H29NS/c1(2-7-11-16-12-13-17-14-16)4-8-15-9-5-3-6-10-15/h15H,1-14H2. The summed E-state index contributed by atoms with van der Waals surface area (Å²) < 4.78 is 0. The van der Waals surface area contributed by atoms with Crippen molar-refractivity contribution in [3.8, 4) is 0 Å². The molecule has 0 N–H and O–H groups in total. The maximum absolute atomic E-state index is 2.62. The van der Waals surface area contributed by atoms with E-state index in [-0.39, 0.29) is 0 Å². The smallest absolute Gasteiger partial charge is 0.0445 e. The zero-order valence-electron chi connectivity index (χ0n) is 11.3. The van der Waals surface area contributed by atoms with Crippen molar-refractivity contribution in [2.24, 2.45) is 5.92 Å². The molecular weight excluding hydrogens is 226 g/mol. The molecule has 1 aliphatic heterocycles. The Morgan fingerprint density at radius 3 is 2.53 bits per heavy atom. The van der Waals surface area contributed by atoms with Crippen molar-refractivity contribution >= 4 is 11.8 Å². The average molecular weight is 255 g/mol. The van der Waals surface area contributed by atoms with E-state index in [1.54, 1.807) is 0 Å². The van der Waals surface area contributed by atoms with Crippen LogP contribution in [0.25, 0.3) is 0 Å². The summed E-state index contributed by atoms with van der Waals surface area (Å²) in [6.45, 7) is 2.70. The van der Waals surface area contributed by atoms with Crippen LogP contribution in [0.15, 0.2) is 0 Å². The minimum Gasteiger partial charge on any atom is -0.293 e. The van der Waals surface area contributed by atoms with Gasteiger partial charge in [0.1, 0.15) is 0 Å². The fraction of sp³-hybridized carbons (Fsp3) is 1.00. The molecule has 2 aliphatic rings. The minimum absolute atomic E-state index is 1.10. The molecule has 2 rings (SSSR count). The van der Waals surface area contributed by atoms with Crippen molar-refractivity contribution in [2.45, 2.75) is 64.2 Å². The van der Waals surface area contributed by atoms with Gasteiger partial charge in [-0.25, -0.2) is 0 Å². The van der Waals surface area contributed by atoms with Crippen LogP contribution in [-0.2, 0) is 0 Å². The Labute approximate surface area is 112 Å². The van der Waals surface area contributed by atoms with E-state index in [2.05, 4.69) is 16.7 Å². The Bertz CT molecular complexity index is 183. The van der Waals surface area contributed by atoms with Gasteiger partial charge in [0.25, 0.3) is 0 Å². The van der Waals surface area contributed by atoms with Crippen LogP contribution in [0.5, 0.6) is 0 Å². The summed E-state index contributed by atoms with van der Waals surface area (Å²) in [5.74, 6) is 3.75. The predicted octanol–water partition coefficient (Wildman–Crippen LogP) is 4.52. The van der Waals surface area contributed by atoms with E-state index in [1.807, 2.05) is 0 Å². The number of nitrogens with zero attached hydrogens (tertiary/aromatic N) is 1. The largest absolute Gasteiger partial charge is 0.293 e. The molecule has 1 saturated carbocycles. The molecule has 0 bridgehead atoms. The average Bonchev–Trinajstić information content (AvgIpc) is 2.88. The second-order valence-corrected chi connectivity index (χ2v) is 6.94. The van der Waals surface area contributed by atoms with Crippen LogP contribution in [0.2, 0.25) is 0 Å². The quantitative estimate of drug-likeness (QED) is 0.615. The molecule has 2 fully saturated rings. The fourth-order valence-electron chi connectivity index (χ4n) is 3.23. The summed E-state index contributed by atoms with van der Waals surface area (Å²) in [5, 5.41) is 0. The first-order valence-electron chi connectivity index (χ1n) is 7.75. The normalized spacial score (nSPS) is 23.3. The minimum atomic E-state index is 1.10. The Morgan fingerprint density at radius 2 is 1.76 bits per heavy atom. The maximum atomic E-state index is 2.62. The molecule has 0 atom stereocenters. The van der Waals surface area contributed by atoms with Gasteiger partial charge in [0.05, 0.1) is 0 Å². The summed E-state index contributed by atoms with van der Waals surface area (Å²) in [7, 11) is 0. The van der Waals surface area contributed by atoms with Crippen LogP contribution >= 0.6 is 11.8 Å². The van der Waals surface area contributed by atoms with Gasteiger partial charge in [-0.2, -0.15) is 0 Å². The van der Waals surface area contributed by atoms with Gasteiger partial charge in [-0.05, 0) is 18.9 Å². The Hall–Kier alpha value is 0.310. The predicted molar refractivity (Wildman–Crippen MR) is 78.6 cm³/mol. The van der Waals surface area contributed by atoms with Crippen molar-refractivity contribution < 1.29 is 0 Å². The highest BCUT2D eigenvalue weighted by Crippen LogP contribution is 2.28. The molecule has 17 heavy (non-hydrogen) atoms. The van der Waals surface area contributed by atoms with E-state index < -0.39 is 0 Å². The highest BCUT2D eigenvalue weighted by atomic mass is 32.2. The van der Waals surface area contributed by atoms with Crippen LogP contribution in [0.1, 0.15) is 64.2 Å². The van der Waals surface area contributed by atoms with Crippen molar-refractivity contribution in [1.82, 2.24) is 4.90 Å². The topological polar surface area (TPSA) is 3.24 Å². The lowest BCUT2D eigenvalue weighted by atomic mass is 9.85. The van der Waals surface area contributed by atoms with Gasteiger partial charge in [0.2, 0.25) is 0 Å². The summed E-state index contributed by atoms with van der Waals surface area (Å²) in [6, 6.07) is 0. The maximum Gasteiger partial charge on any atom is 0.0445 e. The SMILES string of the molecule is C(CCCN1CCSC1)CCC1CCCCC1. The lowest BCUT2D eigenvalue weighted by Crippen LogP contribution is -2.20. The fourth-order valence-corrected chi connectivity index (χ4v) is 4.26. The Morgan fingerprint density at radius 1 is 0.941 bits per heavy atom. The third-order valence-electron chi connectivity index (χ3n) is 4.39. The van der Waals surface area contributed by atoms with E-state index in [0.29, 0.717) is 0 Å². The Kier molecular flexibility index (Phi) is 6.80. The van der Waals surface area contributed by atoms with Gasteiger partial charge >= 0.3 is 0 Å². The summed E-state index contributed by atoms with van der Waals surface area (Å²) in [5.41, 5.74) is 0. The van der Waals surface area contributed by atoms with E-state index in [4.69, 9.17) is 0 Å². The van der Waals surface area contributed by atoms with E-state index >= 15 is 0 Å². The monoisotopic (exact) mass is 255 g/mol. The molecule has 0 aromatic rings. The van der Waals surface area contributed by atoms with Crippen LogP contribution in [0.3, 0.4) is 0 Å². The zero-order valence-corrected chi connectivity index (χ0v) is 12.1. The highest BCUT2D eigenvalue weighted by molar-refractivity contribution is 7.99. The molecular formula is C15H29NS. The molecule has 1 heterocycles. The van der Waals surface area contributed by atoms with Crippen LogP contribution < -0.4 is 0 Å². The second kappa shape index (κ2) is 8.42. The molecule has 100 valence electrons. The van der Waals surface area contributed by atoms with Crippen molar-refractivity contribution in [2.75, 3.05) is 24.7 Å². The summed E-state index contributed by atoms with van der Waals surface area (Å²) in [6.07, 6.45) is 15.0. The van der Waals surface area contributed by atoms with Crippen LogP contribution in [0, 0.1) is 5.92 Å². The van der Waals surface area contributed by atoms with E-state index in [9.17, 15) is 0 Å². The first-order valence-corrected chi connectivity index (χ1v) is 8.91. The first kappa shape index (κ1) is 13.7. The highest BCUT2D eigenvalue weighted by Gasteiger charge is 2.13. The molecule has 0 amide bonds. The van der Waals surface area contributed by atoms with Crippen molar-refractivity contribution in [3.63, 3.8) is 0 Å². The molecule has 0 aromatic carbocycles. The molecule has 0 radical (unpaired) electrons. The summed E-state index contributed by atoms with van der Waals surface area (Å²) in [4.78, 5) is 2.62. The summed E-state index contributed by atoms with van der Waals surface area (Å²) >= 11 is 2.10. The molecule has 2 heteroatoms. The Balaban J connectivity index is 1.38. The van der Waals surface area contributed by atoms with Crippen molar-refractivity contribution in [1.29, 1.82) is 0 Å². The molecule has 1 aliphatic carbocycles. The third kappa shape index (κ3) is 5.65. The third-order valence-corrected chi connectivity index (χ3v) is 5.41. The van der Waals surface area contributed by atoms with Gasteiger partial charge < -0.3 is 0 Å². The van der Waals surface area contributed by atoms with Gasteiger partial charge in [0.15, 0.2) is 0 Å². The van der Waals surface area contributed by atoms with Gasteiger partial charge in [0, 0.05) is 18.2 Å². The molecule has 0 spiro atoms. The lowest BCUT2D eigenvalue weighted by Gasteiger charge is -2.21. The number of hydrogen-bond donors (Lipinski definition) is 0. The molecule has 0 aromatic heterocycles. The molecule has 1 nitrogen and oxygen atoms in total. The first-order chi connectivity index (χ1) is 8.45. The number of thioether (sulfide) groups is 1. The van der Waals surface area contributed by atoms with Gasteiger partial charge in [-0.15, -0.1) is 11.8 Å². The second-order valence-electron chi connectivity index (χ2n) is 5.86. The number of hydrogen-bond acceptors (Lipinski definition) is 2.